The molecule has 0 unspecified atom stereocenters. The van der Waals surface area contributed by atoms with Gasteiger partial charge in [-0.2, -0.15) is 23.0 Å². The number of hydrogen-bond acceptors (Lipinski definition) is 3. The van der Waals surface area contributed by atoms with E-state index in [4.69, 9.17) is 16.3 Å². The second-order valence-electron chi connectivity index (χ2n) is 6.15. The summed E-state index contributed by atoms with van der Waals surface area (Å²) in [5.41, 5.74) is -1.29. The maximum Gasteiger partial charge on any atom is 0.435 e. The molecule has 1 aromatic heterocycles. The van der Waals surface area contributed by atoms with Gasteiger partial charge in [0, 0.05) is 12.1 Å². The highest BCUT2D eigenvalue weighted by Crippen LogP contribution is 2.33. The highest BCUT2D eigenvalue weighted by molar-refractivity contribution is 6.36. The summed E-state index contributed by atoms with van der Waals surface area (Å²) in [6.07, 6.45) is -4.76. The van der Waals surface area contributed by atoms with Crippen molar-refractivity contribution in [2.75, 3.05) is 11.9 Å². The van der Waals surface area contributed by atoms with E-state index >= 15 is 0 Å². The van der Waals surface area contributed by atoms with E-state index in [2.05, 4.69) is 10.4 Å². The summed E-state index contributed by atoms with van der Waals surface area (Å²) in [4.78, 5) is 12.1. The zero-order valence-corrected chi connectivity index (χ0v) is 16.0. The van der Waals surface area contributed by atoms with Gasteiger partial charge in [0.05, 0.1) is 16.4 Å². The fraction of sp³-hybridized carbons (Fsp3) is 0.111. The maximum absolute atomic E-state index is 13.8. The first kappa shape index (κ1) is 21.6. The molecule has 3 aromatic rings. The molecule has 3 rings (SSSR count). The van der Waals surface area contributed by atoms with Crippen molar-refractivity contribution in [2.45, 2.75) is 6.18 Å². The topological polar surface area (TPSA) is 56.1 Å². The number of halogens is 6. The lowest BCUT2D eigenvalue weighted by Gasteiger charge is -2.12. The number of nitrogens with zero attached hydrogens (tertiary/aromatic N) is 2. The average molecular weight is 444 g/mol. The van der Waals surface area contributed by atoms with E-state index < -0.39 is 41.9 Å². The van der Waals surface area contributed by atoms with E-state index in [1.165, 1.54) is 26.0 Å². The number of alkyl halides is 3. The van der Waals surface area contributed by atoms with E-state index in [1.54, 1.807) is 6.07 Å². The van der Waals surface area contributed by atoms with Gasteiger partial charge in [0.1, 0.15) is 19.5 Å². The minimum atomic E-state index is -4.76. The number of carbonyl (C=O) groups excluding carboxylic acids is 1. The summed E-state index contributed by atoms with van der Waals surface area (Å²) in [6.45, 7) is -0.760. The fourth-order valence-corrected chi connectivity index (χ4v) is 2.79. The van der Waals surface area contributed by atoms with Crippen molar-refractivity contribution in [3.8, 4) is 11.6 Å². The molecule has 0 atom stereocenters. The minimum Gasteiger partial charge on any atom is -0.467 e. The van der Waals surface area contributed by atoms with Crippen molar-refractivity contribution >= 4 is 36.5 Å². The van der Waals surface area contributed by atoms with Crippen LogP contribution in [-0.4, -0.2) is 30.1 Å². The molecule has 0 spiro atoms. The van der Waals surface area contributed by atoms with Crippen LogP contribution in [0.2, 0.25) is 5.02 Å². The Hall–Kier alpha value is -3.08. The van der Waals surface area contributed by atoms with E-state index in [1.807, 2.05) is 0 Å². The molecule has 0 aliphatic rings. The van der Waals surface area contributed by atoms with Crippen LogP contribution in [0.25, 0.3) is 5.69 Å². The minimum absolute atomic E-state index is 0.102. The summed E-state index contributed by atoms with van der Waals surface area (Å²) < 4.78 is 72.3. The third-order valence-corrected chi connectivity index (χ3v) is 4.24. The zero-order valence-electron chi connectivity index (χ0n) is 15.2. The maximum atomic E-state index is 13.8. The second-order valence-corrected chi connectivity index (χ2v) is 6.55. The number of nitrogens with one attached hydrogen (secondary N) is 1. The van der Waals surface area contributed by atoms with E-state index in [0.717, 1.165) is 10.7 Å². The van der Waals surface area contributed by atoms with Crippen LogP contribution in [-0.2, 0) is 11.0 Å². The highest BCUT2D eigenvalue weighted by Gasteiger charge is 2.36. The monoisotopic (exact) mass is 443 g/mol. The Bertz CT molecular complexity index is 1080. The standard InChI is InChI=1S/C18H12BClF5N3O2/c19-10-5-9(21)6-12(22)17(10)26-15(29)8-30-16-7-14(18(23,24)25)27-28(16)13-4-2-1-3-11(13)20/h1-7H,8,19H2,(H,26,29). The van der Waals surface area contributed by atoms with Gasteiger partial charge >= 0.3 is 6.18 Å². The number of carbonyl (C=O) groups is 1. The van der Waals surface area contributed by atoms with Crippen molar-refractivity contribution < 1.29 is 31.5 Å². The summed E-state index contributed by atoms with van der Waals surface area (Å²) in [6, 6.07) is 8.19. The second kappa shape index (κ2) is 8.35. The number of rotatable bonds is 5. The molecule has 12 heteroatoms. The Labute approximate surface area is 172 Å². The Morgan fingerprint density at radius 1 is 1.20 bits per heavy atom. The molecule has 30 heavy (non-hydrogen) atoms. The molecule has 0 saturated heterocycles. The molecule has 0 aliphatic carbocycles. The smallest absolute Gasteiger partial charge is 0.435 e. The SMILES string of the molecule is Bc1cc(F)cc(F)c1NC(=O)COc1cc(C(F)(F)F)nn1-c1ccccc1Cl. The van der Waals surface area contributed by atoms with Crippen molar-refractivity contribution in [2.24, 2.45) is 0 Å². The summed E-state index contributed by atoms with van der Waals surface area (Å²) >= 11 is 6.02. The van der Waals surface area contributed by atoms with Crippen LogP contribution < -0.4 is 15.5 Å². The Kier molecular flexibility index (Phi) is 6.02. The van der Waals surface area contributed by atoms with Crippen LogP contribution in [0.3, 0.4) is 0 Å². The third-order valence-electron chi connectivity index (χ3n) is 3.92. The van der Waals surface area contributed by atoms with Crippen molar-refractivity contribution in [1.29, 1.82) is 0 Å². The summed E-state index contributed by atoms with van der Waals surface area (Å²) in [7, 11) is 1.38. The predicted octanol–water partition coefficient (Wildman–Crippen LogP) is 3.10. The first-order chi connectivity index (χ1) is 14.1. The molecule has 0 radical (unpaired) electrons. The molecule has 0 fully saturated rings. The molecule has 0 aliphatic heterocycles. The number of amides is 1. The third kappa shape index (κ3) is 4.73. The van der Waals surface area contributed by atoms with Crippen molar-refractivity contribution in [3.63, 3.8) is 0 Å². The zero-order chi connectivity index (χ0) is 22.1. The first-order valence-electron chi connectivity index (χ1n) is 8.36. The van der Waals surface area contributed by atoms with Gasteiger partial charge < -0.3 is 10.1 Å². The van der Waals surface area contributed by atoms with Gasteiger partial charge in [-0.15, -0.1) is 0 Å². The first-order valence-corrected chi connectivity index (χ1v) is 8.74. The van der Waals surface area contributed by atoms with Gasteiger partial charge in [-0.05, 0) is 18.2 Å². The lowest BCUT2D eigenvalue weighted by molar-refractivity contribution is -0.141. The van der Waals surface area contributed by atoms with Crippen LogP contribution in [0.4, 0.5) is 27.6 Å². The molecule has 0 saturated carbocycles. The molecule has 1 amide bonds. The fourth-order valence-electron chi connectivity index (χ4n) is 2.58. The number of benzene rings is 2. The van der Waals surface area contributed by atoms with Crippen LogP contribution in [0, 0.1) is 11.6 Å². The molecule has 1 heterocycles. The van der Waals surface area contributed by atoms with Crippen molar-refractivity contribution in [3.05, 3.63) is 64.8 Å². The molecule has 0 bridgehead atoms. The summed E-state index contributed by atoms with van der Waals surface area (Å²) in [5.74, 6) is -3.09. The molecular formula is C18H12BClF5N3O2. The van der Waals surface area contributed by atoms with Gasteiger partial charge in [0.25, 0.3) is 5.91 Å². The molecule has 2 aromatic carbocycles. The van der Waals surface area contributed by atoms with Gasteiger partial charge in [-0.3, -0.25) is 4.79 Å². The van der Waals surface area contributed by atoms with Gasteiger partial charge in [-0.25, -0.2) is 8.78 Å². The Balaban J connectivity index is 1.83. The van der Waals surface area contributed by atoms with Crippen LogP contribution in [0.5, 0.6) is 5.88 Å². The van der Waals surface area contributed by atoms with Crippen molar-refractivity contribution in [1.82, 2.24) is 9.78 Å². The predicted molar refractivity (Wildman–Crippen MR) is 102 cm³/mol. The number of aromatic nitrogens is 2. The molecule has 156 valence electrons. The number of hydrogen-bond donors (Lipinski definition) is 1. The Morgan fingerprint density at radius 3 is 2.53 bits per heavy atom. The van der Waals surface area contributed by atoms with Gasteiger partial charge in [0.15, 0.2) is 12.3 Å². The largest absolute Gasteiger partial charge is 0.467 e. The molecule has 5 nitrogen and oxygen atoms in total. The van der Waals surface area contributed by atoms with Crippen LogP contribution >= 0.6 is 11.6 Å². The van der Waals surface area contributed by atoms with Gasteiger partial charge in [-0.1, -0.05) is 29.2 Å². The normalized spacial score (nSPS) is 11.4. The van der Waals surface area contributed by atoms with Crippen LogP contribution in [0.15, 0.2) is 42.5 Å². The molecule has 1 N–H and O–H groups in total. The summed E-state index contributed by atoms with van der Waals surface area (Å²) in [5, 5.41) is 5.77. The van der Waals surface area contributed by atoms with E-state index in [9.17, 15) is 26.7 Å². The van der Waals surface area contributed by atoms with E-state index in [-0.39, 0.29) is 21.9 Å². The quantitative estimate of drug-likeness (QED) is 0.487. The average Bonchev–Trinajstić information content (AvgIpc) is 3.08. The number of para-hydroxylation sites is 1. The van der Waals surface area contributed by atoms with Crippen LogP contribution in [0.1, 0.15) is 5.69 Å². The van der Waals surface area contributed by atoms with Gasteiger partial charge in [0.2, 0.25) is 5.88 Å². The van der Waals surface area contributed by atoms with E-state index in [0.29, 0.717) is 12.1 Å². The number of anilines is 1. The molecular weight excluding hydrogens is 431 g/mol. The highest BCUT2D eigenvalue weighted by atomic mass is 35.5. The number of ether oxygens (including phenoxy) is 1. The Morgan fingerprint density at radius 2 is 1.90 bits per heavy atom. The lowest BCUT2D eigenvalue weighted by atomic mass is 9.93. The lowest BCUT2D eigenvalue weighted by Crippen LogP contribution is -2.25.